The van der Waals surface area contributed by atoms with Crippen LogP contribution in [-0.2, 0) is 15.8 Å². The average Bonchev–Trinajstić information content (AvgIpc) is 2.79. The second-order valence-corrected chi connectivity index (χ2v) is 10.3. The fourth-order valence-electron chi connectivity index (χ4n) is 2.97. The first-order valence-electron chi connectivity index (χ1n) is 9.63. The van der Waals surface area contributed by atoms with Gasteiger partial charge in [0.05, 0.1) is 16.1 Å². The molecular weight excluding hydrogens is 452 g/mol. The van der Waals surface area contributed by atoms with Crippen LogP contribution in [0.1, 0.15) is 15.9 Å². The number of hydrogen-bond acceptors (Lipinski definition) is 4. The van der Waals surface area contributed by atoms with Crippen LogP contribution in [0.2, 0.25) is 5.02 Å². The Kier molecular flexibility index (Phi) is 8.01. The standard InChI is InChI=1S/C23H23ClN2O3S2/c1-26(31(28,29)20-10-3-2-4-11-20)22-13-6-5-12-21(22)23(27)25-14-15-30-17-18-8-7-9-19(24)16-18/h2-13,16H,14-15,17H2,1H3,(H,25,27). The highest BCUT2D eigenvalue weighted by molar-refractivity contribution is 7.98. The summed E-state index contributed by atoms with van der Waals surface area (Å²) in [4.78, 5) is 12.9. The molecule has 0 aliphatic heterocycles. The topological polar surface area (TPSA) is 66.5 Å². The lowest BCUT2D eigenvalue weighted by Crippen LogP contribution is -2.31. The zero-order valence-electron chi connectivity index (χ0n) is 17.0. The maximum absolute atomic E-state index is 12.9. The molecule has 0 radical (unpaired) electrons. The minimum Gasteiger partial charge on any atom is -0.351 e. The molecule has 0 bridgehead atoms. The van der Waals surface area contributed by atoms with Crippen LogP contribution < -0.4 is 9.62 Å². The summed E-state index contributed by atoms with van der Waals surface area (Å²) in [6, 6.07) is 22.5. The maximum Gasteiger partial charge on any atom is 0.264 e. The van der Waals surface area contributed by atoms with E-state index in [1.807, 2.05) is 24.3 Å². The van der Waals surface area contributed by atoms with E-state index < -0.39 is 10.0 Å². The van der Waals surface area contributed by atoms with E-state index in [0.29, 0.717) is 22.8 Å². The highest BCUT2D eigenvalue weighted by atomic mass is 35.5. The lowest BCUT2D eigenvalue weighted by molar-refractivity contribution is 0.0957. The highest BCUT2D eigenvalue weighted by Crippen LogP contribution is 2.25. The number of carbonyl (C=O) groups excluding carboxylic acids is 1. The number of rotatable bonds is 9. The van der Waals surface area contributed by atoms with Gasteiger partial charge in [-0.05, 0) is 42.0 Å². The molecule has 0 aromatic heterocycles. The van der Waals surface area contributed by atoms with E-state index in [0.717, 1.165) is 21.4 Å². The van der Waals surface area contributed by atoms with Gasteiger partial charge in [-0.25, -0.2) is 8.42 Å². The Morgan fingerprint density at radius 2 is 1.71 bits per heavy atom. The molecule has 0 heterocycles. The van der Waals surface area contributed by atoms with Crippen LogP contribution in [0, 0.1) is 0 Å². The van der Waals surface area contributed by atoms with Gasteiger partial charge in [0, 0.05) is 30.1 Å². The molecule has 0 aliphatic rings. The van der Waals surface area contributed by atoms with E-state index in [4.69, 9.17) is 11.6 Å². The molecule has 0 fully saturated rings. The Balaban J connectivity index is 1.62. The number of carbonyl (C=O) groups is 1. The van der Waals surface area contributed by atoms with Crippen molar-refractivity contribution in [3.05, 3.63) is 95.0 Å². The number of amides is 1. The highest BCUT2D eigenvalue weighted by Gasteiger charge is 2.24. The van der Waals surface area contributed by atoms with Gasteiger partial charge in [0.1, 0.15) is 0 Å². The Morgan fingerprint density at radius 3 is 2.45 bits per heavy atom. The maximum atomic E-state index is 12.9. The van der Waals surface area contributed by atoms with Gasteiger partial charge in [-0.3, -0.25) is 9.10 Å². The monoisotopic (exact) mass is 474 g/mol. The molecular formula is C23H23ClN2O3S2. The Bertz CT molecular complexity index is 1140. The fourth-order valence-corrected chi connectivity index (χ4v) is 5.22. The van der Waals surface area contributed by atoms with E-state index in [-0.39, 0.29) is 10.8 Å². The van der Waals surface area contributed by atoms with Crippen LogP contribution in [-0.4, -0.2) is 33.7 Å². The molecule has 0 atom stereocenters. The van der Waals surface area contributed by atoms with Gasteiger partial charge in [-0.15, -0.1) is 0 Å². The van der Waals surface area contributed by atoms with Gasteiger partial charge < -0.3 is 5.32 Å². The van der Waals surface area contributed by atoms with Crippen molar-refractivity contribution >= 4 is 45.0 Å². The van der Waals surface area contributed by atoms with Crippen molar-refractivity contribution in [3.63, 3.8) is 0 Å². The van der Waals surface area contributed by atoms with Gasteiger partial charge in [0.2, 0.25) is 0 Å². The fraction of sp³-hybridized carbons (Fsp3) is 0.174. The smallest absolute Gasteiger partial charge is 0.264 e. The van der Waals surface area contributed by atoms with E-state index in [1.165, 1.54) is 19.2 Å². The summed E-state index contributed by atoms with van der Waals surface area (Å²) >= 11 is 7.68. The van der Waals surface area contributed by atoms with Gasteiger partial charge >= 0.3 is 0 Å². The van der Waals surface area contributed by atoms with Crippen LogP contribution in [0.25, 0.3) is 0 Å². The molecule has 3 rings (SSSR count). The van der Waals surface area contributed by atoms with Gasteiger partial charge in [-0.1, -0.05) is 54.1 Å². The number of para-hydroxylation sites is 1. The molecule has 0 saturated carbocycles. The summed E-state index contributed by atoms with van der Waals surface area (Å²) < 4.78 is 27.0. The second kappa shape index (κ2) is 10.7. The molecule has 0 saturated heterocycles. The van der Waals surface area contributed by atoms with E-state index in [9.17, 15) is 13.2 Å². The number of nitrogens with zero attached hydrogens (tertiary/aromatic N) is 1. The number of nitrogens with one attached hydrogen (secondary N) is 1. The zero-order valence-corrected chi connectivity index (χ0v) is 19.4. The minimum absolute atomic E-state index is 0.171. The first-order chi connectivity index (χ1) is 14.9. The molecule has 0 unspecified atom stereocenters. The third-order valence-electron chi connectivity index (χ3n) is 4.58. The predicted molar refractivity (Wildman–Crippen MR) is 128 cm³/mol. The van der Waals surface area contributed by atoms with E-state index in [1.54, 1.807) is 54.2 Å². The van der Waals surface area contributed by atoms with Crippen molar-refractivity contribution < 1.29 is 13.2 Å². The van der Waals surface area contributed by atoms with Crippen molar-refractivity contribution in [1.82, 2.24) is 5.32 Å². The summed E-state index contributed by atoms with van der Waals surface area (Å²) in [5.41, 5.74) is 1.77. The van der Waals surface area contributed by atoms with Crippen LogP contribution in [0.5, 0.6) is 0 Å². The molecule has 8 heteroatoms. The van der Waals surface area contributed by atoms with Crippen LogP contribution in [0.15, 0.2) is 83.8 Å². The molecule has 0 spiro atoms. The molecule has 31 heavy (non-hydrogen) atoms. The Labute approximate surface area is 192 Å². The predicted octanol–water partition coefficient (Wildman–Crippen LogP) is 4.83. The van der Waals surface area contributed by atoms with Gasteiger partial charge in [0.15, 0.2) is 0 Å². The Morgan fingerprint density at radius 1 is 1.00 bits per heavy atom. The number of halogens is 1. The van der Waals surface area contributed by atoms with E-state index >= 15 is 0 Å². The molecule has 3 aromatic rings. The van der Waals surface area contributed by atoms with Crippen molar-refractivity contribution in [2.24, 2.45) is 0 Å². The summed E-state index contributed by atoms with van der Waals surface area (Å²) in [5, 5.41) is 3.58. The minimum atomic E-state index is -3.77. The first kappa shape index (κ1) is 23.2. The van der Waals surface area contributed by atoms with Crippen LogP contribution in [0.3, 0.4) is 0 Å². The molecule has 5 nitrogen and oxygen atoms in total. The number of sulfonamides is 1. The first-order valence-corrected chi connectivity index (χ1v) is 12.6. The number of anilines is 1. The van der Waals surface area contributed by atoms with Crippen molar-refractivity contribution in [3.8, 4) is 0 Å². The summed E-state index contributed by atoms with van der Waals surface area (Å²) in [6.45, 7) is 0.466. The van der Waals surface area contributed by atoms with Gasteiger partial charge in [-0.2, -0.15) is 11.8 Å². The molecule has 0 aliphatic carbocycles. The second-order valence-electron chi connectivity index (χ2n) is 6.74. The van der Waals surface area contributed by atoms with Crippen molar-refractivity contribution in [1.29, 1.82) is 0 Å². The van der Waals surface area contributed by atoms with E-state index in [2.05, 4.69) is 5.32 Å². The largest absolute Gasteiger partial charge is 0.351 e. The average molecular weight is 475 g/mol. The zero-order chi connectivity index (χ0) is 22.3. The summed E-state index contributed by atoms with van der Waals surface area (Å²) in [5.74, 6) is 1.21. The lowest BCUT2D eigenvalue weighted by Gasteiger charge is -2.22. The molecule has 162 valence electrons. The Hall–Kier alpha value is -2.48. The molecule has 1 N–H and O–H groups in total. The summed E-state index contributed by atoms with van der Waals surface area (Å²) in [6.07, 6.45) is 0. The quantitative estimate of drug-likeness (QED) is 0.451. The number of hydrogen-bond donors (Lipinski definition) is 1. The third-order valence-corrected chi connectivity index (χ3v) is 7.63. The van der Waals surface area contributed by atoms with Crippen molar-refractivity contribution in [2.75, 3.05) is 23.7 Å². The van der Waals surface area contributed by atoms with Crippen LogP contribution in [0.4, 0.5) is 5.69 Å². The van der Waals surface area contributed by atoms with Crippen molar-refractivity contribution in [2.45, 2.75) is 10.6 Å². The van der Waals surface area contributed by atoms with Crippen LogP contribution >= 0.6 is 23.4 Å². The number of benzene rings is 3. The normalized spacial score (nSPS) is 11.2. The number of thioether (sulfide) groups is 1. The van der Waals surface area contributed by atoms with Gasteiger partial charge in [0.25, 0.3) is 15.9 Å². The SMILES string of the molecule is CN(c1ccccc1C(=O)NCCSCc1cccc(Cl)c1)S(=O)(=O)c1ccccc1. The molecule has 3 aromatic carbocycles. The third kappa shape index (κ3) is 6.03. The lowest BCUT2D eigenvalue weighted by atomic mass is 10.1. The summed E-state index contributed by atoms with van der Waals surface area (Å²) in [7, 11) is -2.32. The molecule has 1 amide bonds.